The molecule has 9 heteroatoms. The molecule has 1 aliphatic rings. The maximum absolute atomic E-state index is 12.9. The van der Waals surface area contributed by atoms with Crippen molar-refractivity contribution in [2.45, 2.75) is 69.9 Å². The fourth-order valence-electron chi connectivity index (χ4n) is 4.36. The summed E-state index contributed by atoms with van der Waals surface area (Å²) < 4.78 is 0. The Bertz CT molecular complexity index is 785. The van der Waals surface area contributed by atoms with Crippen molar-refractivity contribution in [1.29, 1.82) is 0 Å². The molecular weight excluding hydrogens is 430 g/mol. The molecular formula is C25H43N7O2. The lowest BCUT2D eigenvalue weighted by molar-refractivity contribution is -0.129. The zero-order valence-corrected chi connectivity index (χ0v) is 20.8. The van der Waals surface area contributed by atoms with E-state index < -0.39 is 12.1 Å². The van der Waals surface area contributed by atoms with Crippen molar-refractivity contribution in [3.63, 3.8) is 0 Å². The number of guanidine groups is 1. The summed E-state index contributed by atoms with van der Waals surface area (Å²) in [6.45, 7) is 1.48. The van der Waals surface area contributed by atoms with Gasteiger partial charge in [0, 0.05) is 6.54 Å². The van der Waals surface area contributed by atoms with Crippen LogP contribution in [0.25, 0.3) is 0 Å². The SMILES string of the molecule is CN(C)CCCNC(=O)[C@H](CCC1CCCCC1)NC(=O)[C@@H](N)Cc1ccc(N=C(N)N)cc1. The number of hydrogen-bond acceptors (Lipinski definition) is 5. The Morgan fingerprint density at radius 3 is 2.38 bits per heavy atom. The zero-order chi connectivity index (χ0) is 24.9. The normalized spacial score (nSPS) is 16.0. The third kappa shape index (κ3) is 10.5. The highest BCUT2D eigenvalue weighted by Gasteiger charge is 2.25. The molecule has 0 unspecified atom stereocenters. The molecule has 0 bridgehead atoms. The van der Waals surface area contributed by atoms with E-state index in [0.717, 1.165) is 24.9 Å². The molecule has 2 atom stereocenters. The first-order valence-corrected chi connectivity index (χ1v) is 12.4. The van der Waals surface area contributed by atoms with Crippen molar-refractivity contribution in [2.75, 3.05) is 27.2 Å². The van der Waals surface area contributed by atoms with Crippen LogP contribution in [0.3, 0.4) is 0 Å². The molecule has 1 fully saturated rings. The lowest BCUT2D eigenvalue weighted by Crippen LogP contribution is -2.52. The van der Waals surface area contributed by atoms with Gasteiger partial charge in [-0.2, -0.15) is 0 Å². The molecule has 0 radical (unpaired) electrons. The van der Waals surface area contributed by atoms with Crippen LogP contribution in [0, 0.1) is 5.92 Å². The molecule has 0 aliphatic heterocycles. The van der Waals surface area contributed by atoms with Gasteiger partial charge in [-0.3, -0.25) is 9.59 Å². The van der Waals surface area contributed by atoms with Crippen LogP contribution in [0.4, 0.5) is 5.69 Å². The Balaban J connectivity index is 1.93. The first kappa shape index (κ1) is 27.6. The van der Waals surface area contributed by atoms with Gasteiger partial charge in [0.15, 0.2) is 5.96 Å². The van der Waals surface area contributed by atoms with Crippen LogP contribution in [-0.4, -0.2) is 61.9 Å². The molecule has 8 N–H and O–H groups in total. The smallest absolute Gasteiger partial charge is 0.242 e. The second-order valence-electron chi connectivity index (χ2n) is 9.60. The van der Waals surface area contributed by atoms with E-state index in [0.29, 0.717) is 31.0 Å². The molecule has 0 saturated heterocycles. The molecule has 9 nitrogen and oxygen atoms in total. The van der Waals surface area contributed by atoms with Crippen molar-refractivity contribution >= 4 is 23.5 Å². The number of amides is 2. The number of carbonyl (C=O) groups is 2. The summed E-state index contributed by atoms with van der Waals surface area (Å²) in [5, 5.41) is 5.91. The van der Waals surface area contributed by atoms with E-state index in [1.807, 2.05) is 26.2 Å². The van der Waals surface area contributed by atoms with Gasteiger partial charge in [0.25, 0.3) is 0 Å². The Morgan fingerprint density at radius 2 is 1.76 bits per heavy atom. The molecule has 2 amide bonds. The summed E-state index contributed by atoms with van der Waals surface area (Å²) in [7, 11) is 4.01. The number of nitrogens with two attached hydrogens (primary N) is 3. The summed E-state index contributed by atoms with van der Waals surface area (Å²) in [6, 6.07) is 5.90. The second kappa shape index (κ2) is 14.6. The van der Waals surface area contributed by atoms with Crippen molar-refractivity contribution in [1.82, 2.24) is 15.5 Å². The van der Waals surface area contributed by atoms with Crippen LogP contribution in [0.2, 0.25) is 0 Å². The van der Waals surface area contributed by atoms with Gasteiger partial charge in [-0.1, -0.05) is 44.2 Å². The van der Waals surface area contributed by atoms with E-state index in [1.165, 1.54) is 32.1 Å². The van der Waals surface area contributed by atoms with E-state index in [-0.39, 0.29) is 17.8 Å². The maximum atomic E-state index is 12.9. The molecule has 1 saturated carbocycles. The Labute approximate surface area is 203 Å². The van der Waals surface area contributed by atoms with E-state index in [9.17, 15) is 9.59 Å². The molecule has 0 heterocycles. The number of carbonyl (C=O) groups excluding carboxylic acids is 2. The summed E-state index contributed by atoms with van der Waals surface area (Å²) in [5.41, 5.74) is 18.5. The number of nitrogens with zero attached hydrogens (tertiary/aromatic N) is 2. The van der Waals surface area contributed by atoms with Crippen molar-refractivity contribution < 1.29 is 9.59 Å². The lowest BCUT2D eigenvalue weighted by Gasteiger charge is -2.25. The minimum atomic E-state index is -0.757. The monoisotopic (exact) mass is 473 g/mol. The standard InChI is InChI=1S/C25H43N7O2/c1-32(2)16-6-15-29-24(34)22(14-11-18-7-4-3-5-8-18)31-23(33)21(26)17-19-9-12-20(13-10-19)30-25(27)28/h9-10,12-13,18,21-22H,3-8,11,14-17,26H2,1-2H3,(H,29,34)(H,31,33)(H4,27,28,30)/t21-,22-/m0/s1. The summed E-state index contributed by atoms with van der Waals surface area (Å²) in [5.74, 6) is 0.178. The van der Waals surface area contributed by atoms with Gasteiger partial charge in [0.1, 0.15) is 6.04 Å². The first-order chi connectivity index (χ1) is 16.2. The molecule has 2 rings (SSSR count). The Kier molecular flexibility index (Phi) is 11.8. The quantitative estimate of drug-likeness (QED) is 0.166. The molecule has 1 aromatic carbocycles. The van der Waals surface area contributed by atoms with Gasteiger partial charge >= 0.3 is 0 Å². The van der Waals surface area contributed by atoms with Gasteiger partial charge in [0.2, 0.25) is 11.8 Å². The van der Waals surface area contributed by atoms with Crippen LogP contribution < -0.4 is 27.8 Å². The van der Waals surface area contributed by atoms with E-state index in [1.54, 1.807) is 12.1 Å². The highest BCUT2D eigenvalue weighted by atomic mass is 16.2. The minimum absolute atomic E-state index is 0.0110. The molecule has 34 heavy (non-hydrogen) atoms. The third-order valence-corrected chi connectivity index (χ3v) is 6.29. The summed E-state index contributed by atoms with van der Waals surface area (Å²) in [4.78, 5) is 31.8. The first-order valence-electron chi connectivity index (χ1n) is 12.4. The van der Waals surface area contributed by atoms with Crippen LogP contribution in [0.5, 0.6) is 0 Å². The Morgan fingerprint density at radius 1 is 1.09 bits per heavy atom. The number of benzene rings is 1. The van der Waals surface area contributed by atoms with Crippen LogP contribution in [0.1, 0.15) is 56.9 Å². The van der Waals surface area contributed by atoms with Crippen molar-refractivity contribution in [3.8, 4) is 0 Å². The van der Waals surface area contributed by atoms with Crippen molar-refractivity contribution in [3.05, 3.63) is 29.8 Å². The van der Waals surface area contributed by atoms with Gasteiger partial charge in [-0.15, -0.1) is 0 Å². The average molecular weight is 474 g/mol. The topological polar surface area (TPSA) is 152 Å². The molecule has 1 aromatic rings. The van der Waals surface area contributed by atoms with Crippen LogP contribution >= 0.6 is 0 Å². The molecule has 0 aromatic heterocycles. The average Bonchev–Trinajstić information content (AvgIpc) is 2.80. The molecule has 1 aliphatic carbocycles. The third-order valence-electron chi connectivity index (χ3n) is 6.29. The highest BCUT2D eigenvalue weighted by molar-refractivity contribution is 5.89. The van der Waals surface area contributed by atoms with Crippen LogP contribution in [0.15, 0.2) is 29.3 Å². The van der Waals surface area contributed by atoms with E-state index in [2.05, 4.69) is 20.5 Å². The van der Waals surface area contributed by atoms with E-state index in [4.69, 9.17) is 17.2 Å². The van der Waals surface area contributed by atoms with Crippen molar-refractivity contribution in [2.24, 2.45) is 28.1 Å². The number of nitrogens with one attached hydrogen (secondary N) is 2. The zero-order valence-electron chi connectivity index (χ0n) is 20.8. The van der Waals surface area contributed by atoms with Gasteiger partial charge in [-0.05, 0) is 69.9 Å². The minimum Gasteiger partial charge on any atom is -0.370 e. The van der Waals surface area contributed by atoms with Gasteiger partial charge in [0.05, 0.1) is 11.7 Å². The molecule has 190 valence electrons. The van der Waals surface area contributed by atoms with Crippen LogP contribution in [-0.2, 0) is 16.0 Å². The lowest BCUT2D eigenvalue weighted by atomic mass is 9.85. The fourth-order valence-corrected chi connectivity index (χ4v) is 4.36. The summed E-state index contributed by atoms with van der Waals surface area (Å²) in [6.07, 6.45) is 9.01. The highest BCUT2D eigenvalue weighted by Crippen LogP contribution is 2.27. The maximum Gasteiger partial charge on any atom is 0.242 e. The molecule has 0 spiro atoms. The Hall–Kier alpha value is -2.65. The number of hydrogen-bond donors (Lipinski definition) is 5. The summed E-state index contributed by atoms with van der Waals surface area (Å²) >= 11 is 0. The predicted octanol–water partition coefficient (Wildman–Crippen LogP) is 1.37. The predicted molar refractivity (Wildman–Crippen MR) is 138 cm³/mol. The van der Waals surface area contributed by atoms with E-state index >= 15 is 0 Å². The van der Waals surface area contributed by atoms with Gasteiger partial charge in [-0.25, -0.2) is 4.99 Å². The number of rotatable bonds is 13. The fraction of sp³-hybridized carbons (Fsp3) is 0.640. The largest absolute Gasteiger partial charge is 0.370 e. The number of aliphatic imine (C=N–C) groups is 1. The van der Waals surface area contributed by atoms with Gasteiger partial charge < -0.3 is 32.7 Å². The second-order valence-corrected chi connectivity index (χ2v) is 9.60.